The zero-order valence-electron chi connectivity index (χ0n) is 14.0. The van der Waals surface area contributed by atoms with Crippen LogP contribution >= 0.6 is 0 Å². The van der Waals surface area contributed by atoms with Crippen molar-refractivity contribution >= 4 is 11.8 Å². The first-order valence-corrected chi connectivity index (χ1v) is 8.28. The van der Waals surface area contributed by atoms with Crippen LogP contribution in [0, 0.1) is 11.7 Å². The lowest BCUT2D eigenvalue weighted by Gasteiger charge is -2.11. The predicted molar refractivity (Wildman–Crippen MR) is 96.4 cm³/mol. The number of carboxylic acids is 1. The summed E-state index contributed by atoms with van der Waals surface area (Å²) in [7, 11) is 0. The fraction of sp³-hybridized carbons (Fsp3) is 0.143. The molecule has 0 aliphatic carbocycles. The number of aromatic amines is 1. The van der Waals surface area contributed by atoms with Gasteiger partial charge in [-0.05, 0) is 41.8 Å². The van der Waals surface area contributed by atoms with Crippen molar-refractivity contribution in [2.45, 2.75) is 12.8 Å². The molecule has 0 bridgehead atoms. The van der Waals surface area contributed by atoms with Gasteiger partial charge in [0.1, 0.15) is 5.82 Å². The highest BCUT2D eigenvalue weighted by molar-refractivity contribution is 5.97. The van der Waals surface area contributed by atoms with Crippen LogP contribution in [0.5, 0.6) is 0 Å². The average Bonchev–Trinajstić information content (AvgIpc) is 3.14. The fourth-order valence-electron chi connectivity index (χ4n) is 2.83. The second-order valence-corrected chi connectivity index (χ2v) is 6.14. The molecule has 0 fully saturated rings. The summed E-state index contributed by atoms with van der Waals surface area (Å²) >= 11 is 0. The summed E-state index contributed by atoms with van der Waals surface area (Å²) in [6, 6.07) is 18.7. The summed E-state index contributed by atoms with van der Waals surface area (Å²) in [6.45, 7) is 0. The van der Waals surface area contributed by atoms with Gasteiger partial charge in [0.15, 0.2) is 5.78 Å². The van der Waals surface area contributed by atoms with E-state index in [1.807, 2.05) is 30.3 Å². The molecule has 3 rings (SSSR count). The molecule has 4 nitrogen and oxygen atoms in total. The lowest BCUT2D eigenvalue weighted by atomic mass is 9.93. The van der Waals surface area contributed by atoms with E-state index in [2.05, 4.69) is 4.98 Å². The molecule has 2 aromatic carbocycles. The standard InChI is InChI=1S/C21H18FNO3/c22-17-8-6-14(7-9-17)12-16(21(25)26)13-20(24)19-11-10-18(23-19)15-4-2-1-3-5-15/h1-11,16,23H,12-13H2,(H,25,26)/t16-/m0/s1. The Kier molecular flexibility index (Phi) is 5.27. The van der Waals surface area contributed by atoms with E-state index in [0.29, 0.717) is 11.3 Å². The largest absolute Gasteiger partial charge is 0.481 e. The third-order valence-corrected chi connectivity index (χ3v) is 4.25. The molecule has 1 atom stereocenters. The zero-order chi connectivity index (χ0) is 18.5. The predicted octanol–water partition coefficient (Wildman–Crippen LogP) is 4.34. The molecule has 0 radical (unpaired) electrons. The van der Waals surface area contributed by atoms with E-state index in [4.69, 9.17) is 0 Å². The number of carbonyl (C=O) groups is 2. The number of Topliss-reactive ketones (excluding diaryl/α,β-unsaturated/α-hetero) is 1. The van der Waals surface area contributed by atoms with Crippen molar-refractivity contribution in [3.05, 3.63) is 83.8 Å². The third kappa shape index (κ3) is 4.25. The molecule has 5 heteroatoms. The summed E-state index contributed by atoms with van der Waals surface area (Å²) in [6.07, 6.45) is 0.0507. The molecular weight excluding hydrogens is 333 g/mol. The van der Waals surface area contributed by atoms with Crippen molar-refractivity contribution in [3.63, 3.8) is 0 Å². The summed E-state index contributed by atoms with van der Waals surface area (Å²) < 4.78 is 13.0. The lowest BCUT2D eigenvalue weighted by molar-refractivity contribution is -0.141. The number of rotatable bonds is 7. The number of nitrogens with one attached hydrogen (secondary N) is 1. The van der Waals surface area contributed by atoms with Crippen LogP contribution in [0.25, 0.3) is 11.3 Å². The minimum absolute atomic E-state index is 0.124. The number of carbonyl (C=O) groups excluding carboxylic acids is 1. The van der Waals surface area contributed by atoms with Crippen molar-refractivity contribution < 1.29 is 19.1 Å². The quantitative estimate of drug-likeness (QED) is 0.622. The molecule has 132 valence electrons. The molecule has 1 aromatic heterocycles. The van der Waals surface area contributed by atoms with Crippen LogP contribution in [0.1, 0.15) is 22.5 Å². The minimum Gasteiger partial charge on any atom is -0.481 e. The van der Waals surface area contributed by atoms with Crippen molar-refractivity contribution in [3.8, 4) is 11.3 Å². The summed E-state index contributed by atoms with van der Waals surface area (Å²) in [5.74, 6) is -2.55. The Labute approximate surface area is 150 Å². The van der Waals surface area contributed by atoms with E-state index >= 15 is 0 Å². The van der Waals surface area contributed by atoms with Gasteiger partial charge in [-0.15, -0.1) is 0 Å². The number of H-pyrrole nitrogens is 1. The van der Waals surface area contributed by atoms with Gasteiger partial charge in [-0.1, -0.05) is 42.5 Å². The summed E-state index contributed by atoms with van der Waals surface area (Å²) in [5.41, 5.74) is 2.82. The number of ketones is 1. The number of aliphatic carboxylic acids is 1. The van der Waals surface area contributed by atoms with Gasteiger partial charge in [0.05, 0.1) is 11.6 Å². The molecule has 0 unspecified atom stereocenters. The Hall–Kier alpha value is -3.21. The smallest absolute Gasteiger partial charge is 0.307 e. The van der Waals surface area contributed by atoms with Gasteiger partial charge in [0.2, 0.25) is 0 Å². The van der Waals surface area contributed by atoms with Gasteiger partial charge in [-0.25, -0.2) is 4.39 Å². The van der Waals surface area contributed by atoms with Crippen LogP contribution in [0.3, 0.4) is 0 Å². The van der Waals surface area contributed by atoms with Gasteiger partial charge in [0, 0.05) is 12.1 Å². The van der Waals surface area contributed by atoms with E-state index in [0.717, 1.165) is 11.3 Å². The van der Waals surface area contributed by atoms with Crippen LogP contribution in [0.15, 0.2) is 66.7 Å². The van der Waals surface area contributed by atoms with Crippen LogP contribution < -0.4 is 0 Å². The Morgan fingerprint density at radius 1 is 0.962 bits per heavy atom. The molecule has 0 amide bonds. The van der Waals surface area contributed by atoms with E-state index in [-0.39, 0.29) is 24.4 Å². The Morgan fingerprint density at radius 2 is 1.65 bits per heavy atom. The van der Waals surface area contributed by atoms with E-state index < -0.39 is 11.9 Å². The van der Waals surface area contributed by atoms with Crippen molar-refractivity contribution in [2.75, 3.05) is 0 Å². The first-order chi connectivity index (χ1) is 12.5. The fourth-order valence-corrected chi connectivity index (χ4v) is 2.83. The second kappa shape index (κ2) is 7.78. The van der Waals surface area contributed by atoms with Gasteiger partial charge < -0.3 is 10.1 Å². The SMILES string of the molecule is O=C(C[C@H](Cc1ccc(F)cc1)C(=O)O)c1ccc(-c2ccccc2)[nH]1. The number of hydrogen-bond donors (Lipinski definition) is 2. The number of aromatic nitrogens is 1. The molecule has 26 heavy (non-hydrogen) atoms. The van der Waals surface area contributed by atoms with Crippen LogP contribution in [-0.2, 0) is 11.2 Å². The maximum atomic E-state index is 13.0. The molecule has 0 spiro atoms. The third-order valence-electron chi connectivity index (χ3n) is 4.25. The van der Waals surface area contributed by atoms with Crippen molar-refractivity contribution in [1.29, 1.82) is 0 Å². The van der Waals surface area contributed by atoms with Crippen molar-refractivity contribution in [1.82, 2.24) is 4.98 Å². The average molecular weight is 351 g/mol. The number of hydrogen-bond acceptors (Lipinski definition) is 2. The van der Waals surface area contributed by atoms with Crippen LogP contribution in [0.4, 0.5) is 4.39 Å². The summed E-state index contributed by atoms with van der Waals surface area (Å²) in [4.78, 5) is 27.1. The zero-order valence-corrected chi connectivity index (χ0v) is 14.0. The molecule has 0 aliphatic rings. The topological polar surface area (TPSA) is 70.2 Å². The van der Waals surface area contributed by atoms with Crippen molar-refractivity contribution in [2.24, 2.45) is 5.92 Å². The first kappa shape index (κ1) is 17.6. The monoisotopic (exact) mass is 351 g/mol. The molecule has 0 aliphatic heterocycles. The Morgan fingerprint density at radius 3 is 2.31 bits per heavy atom. The molecule has 0 saturated carbocycles. The first-order valence-electron chi connectivity index (χ1n) is 8.28. The van der Waals surface area contributed by atoms with Gasteiger partial charge >= 0.3 is 5.97 Å². The highest BCUT2D eigenvalue weighted by Crippen LogP contribution is 2.21. The normalized spacial score (nSPS) is 11.9. The van der Waals surface area contributed by atoms with Gasteiger partial charge in [-0.2, -0.15) is 0 Å². The van der Waals surface area contributed by atoms with E-state index in [1.54, 1.807) is 12.1 Å². The maximum Gasteiger partial charge on any atom is 0.307 e. The molecular formula is C21H18FNO3. The Bertz CT molecular complexity index is 901. The van der Waals surface area contributed by atoms with Gasteiger partial charge in [0.25, 0.3) is 0 Å². The van der Waals surface area contributed by atoms with Gasteiger partial charge in [-0.3, -0.25) is 9.59 Å². The highest BCUT2D eigenvalue weighted by Gasteiger charge is 2.23. The summed E-state index contributed by atoms with van der Waals surface area (Å²) in [5, 5.41) is 9.43. The van der Waals surface area contributed by atoms with Crippen LogP contribution in [0.2, 0.25) is 0 Å². The lowest BCUT2D eigenvalue weighted by Crippen LogP contribution is -2.20. The van der Waals surface area contributed by atoms with E-state index in [9.17, 15) is 19.1 Å². The Balaban J connectivity index is 1.71. The molecule has 3 aromatic rings. The van der Waals surface area contributed by atoms with Crippen LogP contribution in [-0.4, -0.2) is 21.8 Å². The molecule has 2 N–H and O–H groups in total. The maximum absolute atomic E-state index is 13.0. The second-order valence-electron chi connectivity index (χ2n) is 6.14. The molecule has 0 saturated heterocycles. The highest BCUT2D eigenvalue weighted by atomic mass is 19.1. The number of carboxylic acid groups (broad SMARTS) is 1. The molecule has 1 heterocycles. The minimum atomic E-state index is -1.04. The number of benzene rings is 2. The van der Waals surface area contributed by atoms with E-state index in [1.165, 1.54) is 24.3 Å². The number of halogens is 1.